The second kappa shape index (κ2) is 4.51. The molecule has 17 heavy (non-hydrogen) atoms. The standard InChI is InChI=1S/C9H11BF4O2S/c1-17(2,3)9-4(10(15)16)5(11)6(12)7(13)8(9)14/h15-16H,1-3H3. The predicted molar refractivity (Wildman–Crippen MR) is 59.7 cm³/mol. The van der Waals surface area contributed by atoms with E-state index < -0.39 is 50.8 Å². The van der Waals surface area contributed by atoms with E-state index in [1.54, 1.807) is 0 Å². The quantitative estimate of drug-likeness (QED) is 0.364. The van der Waals surface area contributed by atoms with Crippen molar-refractivity contribution in [2.75, 3.05) is 18.8 Å². The Hall–Kier alpha value is -0.725. The van der Waals surface area contributed by atoms with Gasteiger partial charge < -0.3 is 10.0 Å². The molecule has 0 saturated carbocycles. The highest BCUT2D eigenvalue weighted by atomic mass is 32.3. The maximum Gasteiger partial charge on any atom is 0.492 e. The molecule has 0 aliphatic rings. The summed E-state index contributed by atoms with van der Waals surface area (Å²) in [6, 6.07) is 0. The maximum atomic E-state index is 13.6. The van der Waals surface area contributed by atoms with Gasteiger partial charge in [-0.05, 0) is 18.8 Å². The Balaban J connectivity index is 3.79. The lowest BCUT2D eigenvalue weighted by molar-refractivity contribution is 0.389. The number of benzene rings is 1. The van der Waals surface area contributed by atoms with Crippen LogP contribution in [-0.2, 0) is 0 Å². The van der Waals surface area contributed by atoms with Crippen molar-refractivity contribution < 1.29 is 27.6 Å². The van der Waals surface area contributed by atoms with E-state index in [1.807, 2.05) is 0 Å². The molecule has 1 aromatic carbocycles. The zero-order valence-electron chi connectivity index (χ0n) is 9.39. The topological polar surface area (TPSA) is 40.5 Å². The zero-order chi connectivity index (χ0) is 13.5. The Morgan fingerprint density at radius 1 is 0.824 bits per heavy atom. The highest BCUT2D eigenvalue weighted by Gasteiger charge is 2.34. The Labute approximate surface area is 97.7 Å². The van der Waals surface area contributed by atoms with Gasteiger partial charge in [0, 0.05) is 10.4 Å². The van der Waals surface area contributed by atoms with Crippen LogP contribution in [0.5, 0.6) is 0 Å². The van der Waals surface area contributed by atoms with Crippen molar-refractivity contribution in [3.05, 3.63) is 23.3 Å². The van der Waals surface area contributed by atoms with E-state index in [4.69, 9.17) is 10.0 Å². The van der Waals surface area contributed by atoms with Crippen LogP contribution in [0, 0.1) is 23.3 Å². The fraction of sp³-hybridized carbons (Fsp3) is 0.333. The first kappa shape index (κ1) is 14.3. The van der Waals surface area contributed by atoms with E-state index in [0.29, 0.717) is 0 Å². The number of halogens is 4. The van der Waals surface area contributed by atoms with Crippen LogP contribution >= 0.6 is 10.0 Å². The number of rotatable bonds is 2. The van der Waals surface area contributed by atoms with Crippen LogP contribution in [0.15, 0.2) is 4.90 Å². The molecule has 0 radical (unpaired) electrons. The van der Waals surface area contributed by atoms with E-state index in [1.165, 1.54) is 18.8 Å². The first-order chi connectivity index (χ1) is 7.59. The summed E-state index contributed by atoms with van der Waals surface area (Å²) in [4.78, 5) is -0.510. The van der Waals surface area contributed by atoms with Crippen LogP contribution in [0.4, 0.5) is 17.6 Å². The van der Waals surface area contributed by atoms with Crippen molar-refractivity contribution in [1.29, 1.82) is 0 Å². The van der Waals surface area contributed by atoms with Crippen LogP contribution in [0.1, 0.15) is 0 Å². The van der Waals surface area contributed by atoms with Gasteiger partial charge in [-0.15, -0.1) is 0 Å². The second-order valence-electron chi connectivity index (χ2n) is 4.21. The minimum Gasteiger partial charge on any atom is -0.423 e. The molecular weight excluding hydrogens is 259 g/mol. The molecule has 96 valence electrons. The fourth-order valence-electron chi connectivity index (χ4n) is 1.46. The third kappa shape index (κ3) is 2.43. The lowest BCUT2D eigenvalue weighted by Gasteiger charge is -2.29. The lowest BCUT2D eigenvalue weighted by Crippen LogP contribution is -2.38. The summed E-state index contributed by atoms with van der Waals surface area (Å²) in [5, 5.41) is 17.9. The summed E-state index contributed by atoms with van der Waals surface area (Å²) >= 11 is 0. The van der Waals surface area contributed by atoms with Gasteiger partial charge in [0.05, 0.1) is 0 Å². The first-order valence-electron chi connectivity index (χ1n) is 4.49. The molecule has 1 aromatic rings. The van der Waals surface area contributed by atoms with Crippen LogP contribution < -0.4 is 5.46 Å². The Morgan fingerprint density at radius 3 is 1.59 bits per heavy atom. The number of hydrogen-bond donors (Lipinski definition) is 2. The lowest BCUT2D eigenvalue weighted by atomic mass is 9.79. The smallest absolute Gasteiger partial charge is 0.423 e. The summed E-state index contributed by atoms with van der Waals surface area (Å²) in [6.45, 7) is 0. The van der Waals surface area contributed by atoms with Gasteiger partial charge in [0.1, 0.15) is 0 Å². The molecule has 0 amide bonds. The minimum atomic E-state index is -2.40. The van der Waals surface area contributed by atoms with Gasteiger partial charge in [-0.1, -0.05) is 0 Å². The van der Waals surface area contributed by atoms with Gasteiger partial charge in [-0.3, -0.25) is 0 Å². The van der Waals surface area contributed by atoms with Gasteiger partial charge >= 0.3 is 7.12 Å². The summed E-state index contributed by atoms with van der Waals surface area (Å²) < 4.78 is 53.0. The molecule has 0 spiro atoms. The van der Waals surface area contributed by atoms with E-state index >= 15 is 0 Å². The third-order valence-corrected chi connectivity index (χ3v) is 3.75. The van der Waals surface area contributed by atoms with E-state index in [9.17, 15) is 17.6 Å². The average Bonchev–Trinajstić information content (AvgIpc) is 2.17. The SMILES string of the molecule is CS(C)(C)c1c(F)c(F)c(F)c(F)c1B(O)O. The second-order valence-corrected chi connectivity index (χ2v) is 8.29. The first-order valence-corrected chi connectivity index (χ1v) is 7.35. The van der Waals surface area contributed by atoms with Crippen LogP contribution in [0.2, 0.25) is 0 Å². The molecule has 0 saturated heterocycles. The summed E-state index contributed by atoms with van der Waals surface area (Å²) in [5.74, 6) is -7.33. The van der Waals surface area contributed by atoms with Crippen molar-refractivity contribution in [2.24, 2.45) is 0 Å². The fourth-order valence-corrected chi connectivity index (χ4v) is 2.94. The van der Waals surface area contributed by atoms with Crippen molar-refractivity contribution in [1.82, 2.24) is 0 Å². The molecule has 0 bridgehead atoms. The molecule has 1 rings (SSSR count). The van der Waals surface area contributed by atoms with Crippen molar-refractivity contribution in [3.8, 4) is 0 Å². The highest BCUT2D eigenvalue weighted by molar-refractivity contribution is 8.32. The highest BCUT2D eigenvalue weighted by Crippen LogP contribution is 2.46. The van der Waals surface area contributed by atoms with Crippen LogP contribution in [0.25, 0.3) is 0 Å². The maximum absolute atomic E-state index is 13.6. The van der Waals surface area contributed by atoms with Crippen LogP contribution in [-0.4, -0.2) is 35.9 Å². The van der Waals surface area contributed by atoms with Gasteiger partial charge in [-0.25, -0.2) is 27.6 Å². The van der Waals surface area contributed by atoms with Gasteiger partial charge in [-0.2, -0.15) is 0 Å². The molecule has 0 aromatic heterocycles. The Morgan fingerprint density at radius 2 is 1.24 bits per heavy atom. The van der Waals surface area contributed by atoms with E-state index in [2.05, 4.69) is 0 Å². The average molecular weight is 270 g/mol. The Kier molecular flexibility index (Phi) is 3.80. The molecule has 0 aliphatic heterocycles. The molecule has 0 fully saturated rings. The molecule has 8 heteroatoms. The van der Waals surface area contributed by atoms with Gasteiger partial charge in [0.15, 0.2) is 23.3 Å². The van der Waals surface area contributed by atoms with E-state index in [0.717, 1.165) is 0 Å². The molecule has 0 unspecified atom stereocenters. The largest absolute Gasteiger partial charge is 0.492 e. The molecule has 0 atom stereocenters. The summed E-state index contributed by atoms with van der Waals surface area (Å²) in [5.41, 5.74) is -0.941. The molecule has 0 aliphatic carbocycles. The zero-order valence-corrected chi connectivity index (χ0v) is 10.2. The Bertz CT molecular complexity index is 460. The predicted octanol–water partition coefficient (Wildman–Crippen LogP) is 0.976. The molecular formula is C9H11BF4O2S. The summed E-state index contributed by atoms with van der Waals surface area (Å²) in [7, 11) is -4.41. The molecule has 2 nitrogen and oxygen atoms in total. The van der Waals surface area contributed by atoms with Crippen LogP contribution in [0.3, 0.4) is 0 Å². The summed E-state index contributed by atoms with van der Waals surface area (Å²) in [6.07, 6.45) is 4.48. The van der Waals surface area contributed by atoms with E-state index in [-0.39, 0.29) is 0 Å². The van der Waals surface area contributed by atoms with Crippen molar-refractivity contribution in [3.63, 3.8) is 0 Å². The molecule has 2 N–H and O–H groups in total. The van der Waals surface area contributed by atoms with Crippen molar-refractivity contribution >= 4 is 22.6 Å². The minimum absolute atomic E-state index is 0.510. The van der Waals surface area contributed by atoms with Crippen molar-refractivity contribution in [2.45, 2.75) is 4.90 Å². The van der Waals surface area contributed by atoms with Gasteiger partial charge in [0.2, 0.25) is 0 Å². The normalized spacial score (nSPS) is 12.8. The molecule has 0 heterocycles. The number of hydrogen-bond acceptors (Lipinski definition) is 2. The third-order valence-electron chi connectivity index (χ3n) is 2.13. The van der Waals surface area contributed by atoms with Gasteiger partial charge in [0.25, 0.3) is 0 Å². The monoisotopic (exact) mass is 270 g/mol.